The summed E-state index contributed by atoms with van der Waals surface area (Å²) in [5, 5.41) is 10.3. The average molecular weight is 515 g/mol. The molecule has 9 atom stereocenters. The topological polar surface area (TPSA) is 70.1 Å². The molecule has 208 valence electrons. The Kier molecular flexibility index (Phi) is 7.45. The van der Waals surface area contributed by atoms with Crippen LogP contribution < -0.4 is 0 Å². The van der Waals surface area contributed by atoms with Crippen molar-refractivity contribution < 1.29 is 19.4 Å². The first-order valence-electron chi connectivity index (χ1n) is 15.1. The number of aliphatic hydroxyl groups is 1. The van der Waals surface area contributed by atoms with E-state index in [1.807, 2.05) is 11.8 Å². The lowest BCUT2D eigenvalue weighted by Crippen LogP contribution is -2.55. The van der Waals surface area contributed by atoms with Crippen molar-refractivity contribution in [2.75, 3.05) is 26.7 Å². The van der Waals surface area contributed by atoms with E-state index in [1.165, 1.54) is 39.2 Å². The lowest BCUT2D eigenvalue weighted by molar-refractivity contribution is -0.136. The predicted molar refractivity (Wildman–Crippen MR) is 145 cm³/mol. The van der Waals surface area contributed by atoms with Gasteiger partial charge in [0.2, 0.25) is 5.91 Å². The third kappa shape index (κ3) is 4.63. The Morgan fingerprint density at radius 3 is 2.65 bits per heavy atom. The second-order valence-corrected chi connectivity index (χ2v) is 13.8. The zero-order valence-corrected chi connectivity index (χ0v) is 23.9. The number of rotatable bonds is 4. The Hall–Kier alpha value is -1.56. The molecule has 6 nitrogen and oxygen atoms in total. The SMILES string of the molecule is COC(=O)N1CCN(C(=O)CCC(C)[C@H]2CC[C@H]3[C@@H]4CC=C5C[C@@H](O)CC[C@]5(C)[C@H]4CC[C@]23C)[C@@H](C)C1. The van der Waals surface area contributed by atoms with Gasteiger partial charge in [-0.25, -0.2) is 4.79 Å². The highest BCUT2D eigenvalue weighted by molar-refractivity contribution is 5.77. The number of piperazine rings is 1. The highest BCUT2D eigenvalue weighted by Gasteiger charge is 2.59. The number of carbonyl (C=O) groups is 2. The van der Waals surface area contributed by atoms with Crippen LogP contribution in [0.4, 0.5) is 4.79 Å². The molecule has 0 bridgehead atoms. The summed E-state index contributed by atoms with van der Waals surface area (Å²) in [6.07, 6.45) is 13.2. The van der Waals surface area contributed by atoms with Crippen LogP contribution in [-0.2, 0) is 9.53 Å². The summed E-state index contributed by atoms with van der Waals surface area (Å²) in [7, 11) is 1.41. The van der Waals surface area contributed by atoms with E-state index < -0.39 is 0 Å². The van der Waals surface area contributed by atoms with E-state index in [9.17, 15) is 14.7 Å². The maximum Gasteiger partial charge on any atom is 0.409 e. The van der Waals surface area contributed by atoms with Crippen LogP contribution >= 0.6 is 0 Å². The minimum absolute atomic E-state index is 0.0332. The van der Waals surface area contributed by atoms with Crippen molar-refractivity contribution in [3.63, 3.8) is 0 Å². The molecule has 0 aromatic heterocycles. The molecular formula is C31H50N2O4. The van der Waals surface area contributed by atoms with Crippen LogP contribution in [0, 0.1) is 40.4 Å². The van der Waals surface area contributed by atoms with Gasteiger partial charge in [0.15, 0.2) is 0 Å². The molecule has 5 aliphatic rings. The van der Waals surface area contributed by atoms with Crippen molar-refractivity contribution in [1.29, 1.82) is 0 Å². The van der Waals surface area contributed by atoms with Gasteiger partial charge in [-0.2, -0.15) is 0 Å². The van der Waals surface area contributed by atoms with Crippen LogP contribution in [-0.4, -0.2) is 65.8 Å². The summed E-state index contributed by atoms with van der Waals surface area (Å²) in [6, 6.07) is 0.0332. The first-order valence-corrected chi connectivity index (χ1v) is 15.1. The van der Waals surface area contributed by atoms with Crippen LogP contribution in [0.5, 0.6) is 0 Å². The fraction of sp³-hybridized carbons (Fsp3) is 0.871. The van der Waals surface area contributed by atoms with Crippen molar-refractivity contribution in [1.82, 2.24) is 9.80 Å². The minimum Gasteiger partial charge on any atom is -0.453 e. The largest absolute Gasteiger partial charge is 0.453 e. The number of nitrogens with zero attached hydrogens (tertiary/aromatic N) is 2. The fourth-order valence-corrected chi connectivity index (χ4v) is 9.94. The van der Waals surface area contributed by atoms with Crippen molar-refractivity contribution in [3.05, 3.63) is 11.6 Å². The van der Waals surface area contributed by atoms with Gasteiger partial charge in [-0.05, 0) is 105 Å². The van der Waals surface area contributed by atoms with Gasteiger partial charge in [0.05, 0.1) is 13.2 Å². The third-order valence-electron chi connectivity index (χ3n) is 12.0. The summed E-state index contributed by atoms with van der Waals surface area (Å²) in [5.74, 6) is 3.85. The molecule has 0 aromatic rings. The number of allylic oxidation sites excluding steroid dienone is 1. The van der Waals surface area contributed by atoms with Crippen LogP contribution in [0.3, 0.4) is 0 Å². The van der Waals surface area contributed by atoms with E-state index in [1.54, 1.807) is 10.5 Å². The molecule has 2 amide bonds. The van der Waals surface area contributed by atoms with Gasteiger partial charge in [-0.3, -0.25) is 4.79 Å². The van der Waals surface area contributed by atoms with Gasteiger partial charge < -0.3 is 19.6 Å². The Morgan fingerprint density at radius 1 is 1.14 bits per heavy atom. The predicted octanol–water partition coefficient (Wildman–Crippen LogP) is 5.64. The standard InChI is InChI=1S/C31H50N2O4/c1-20(6-11-28(35)33-17-16-32(19-21(33)2)29(36)37-5)25-9-10-26-24-8-7-22-18-23(34)12-14-30(22,3)27(24)13-15-31(25,26)4/h7,20-21,23-27,34H,6,8-19H2,1-5H3/t20?,21-,23-,24-,25+,26-,27-,30-,31+/m0/s1. The molecule has 1 unspecified atom stereocenters. The molecule has 5 rings (SSSR count). The molecule has 4 aliphatic carbocycles. The number of carbonyl (C=O) groups excluding carboxylic acids is 2. The smallest absolute Gasteiger partial charge is 0.409 e. The number of amides is 2. The lowest BCUT2D eigenvalue weighted by Gasteiger charge is -2.58. The zero-order chi connectivity index (χ0) is 26.5. The summed E-state index contributed by atoms with van der Waals surface area (Å²) < 4.78 is 4.86. The molecule has 6 heteroatoms. The molecule has 1 heterocycles. The van der Waals surface area contributed by atoms with Crippen LogP contribution in [0.25, 0.3) is 0 Å². The van der Waals surface area contributed by atoms with Gasteiger partial charge in [-0.15, -0.1) is 0 Å². The minimum atomic E-state index is -0.300. The van der Waals surface area contributed by atoms with Crippen molar-refractivity contribution in [3.8, 4) is 0 Å². The van der Waals surface area contributed by atoms with E-state index in [0.29, 0.717) is 48.7 Å². The second kappa shape index (κ2) is 10.2. The summed E-state index contributed by atoms with van der Waals surface area (Å²) in [4.78, 5) is 28.7. The molecule has 1 N–H and O–H groups in total. The van der Waals surface area contributed by atoms with E-state index in [0.717, 1.165) is 43.4 Å². The number of hydrogen-bond acceptors (Lipinski definition) is 4. The first kappa shape index (κ1) is 27.0. The molecule has 1 aliphatic heterocycles. The van der Waals surface area contributed by atoms with E-state index in [4.69, 9.17) is 4.74 Å². The van der Waals surface area contributed by atoms with Gasteiger partial charge in [0, 0.05) is 32.1 Å². The maximum absolute atomic E-state index is 13.2. The Bertz CT molecular complexity index is 919. The average Bonchev–Trinajstić information content (AvgIpc) is 3.24. The summed E-state index contributed by atoms with van der Waals surface area (Å²) >= 11 is 0. The second-order valence-electron chi connectivity index (χ2n) is 13.8. The van der Waals surface area contributed by atoms with Crippen molar-refractivity contribution >= 4 is 12.0 Å². The number of fused-ring (bicyclic) bond motifs is 5. The molecule has 0 spiro atoms. The Labute approximate surface area is 224 Å². The van der Waals surface area contributed by atoms with Crippen LogP contribution in [0.15, 0.2) is 11.6 Å². The summed E-state index contributed by atoms with van der Waals surface area (Å²) in [6.45, 7) is 11.2. The molecule has 0 radical (unpaired) electrons. The van der Waals surface area contributed by atoms with E-state index >= 15 is 0 Å². The van der Waals surface area contributed by atoms with Crippen LogP contribution in [0.1, 0.15) is 91.9 Å². The molecule has 4 fully saturated rings. The van der Waals surface area contributed by atoms with Gasteiger partial charge >= 0.3 is 6.09 Å². The highest BCUT2D eigenvalue weighted by atomic mass is 16.5. The van der Waals surface area contributed by atoms with Gasteiger partial charge in [0.1, 0.15) is 0 Å². The number of ether oxygens (including phenoxy) is 1. The first-order chi connectivity index (χ1) is 17.6. The van der Waals surface area contributed by atoms with E-state index in [2.05, 4.69) is 26.8 Å². The fourth-order valence-electron chi connectivity index (χ4n) is 9.94. The third-order valence-corrected chi connectivity index (χ3v) is 12.0. The quantitative estimate of drug-likeness (QED) is 0.493. The van der Waals surface area contributed by atoms with Gasteiger partial charge in [-0.1, -0.05) is 32.4 Å². The lowest BCUT2D eigenvalue weighted by atomic mass is 9.47. The van der Waals surface area contributed by atoms with Crippen molar-refractivity contribution in [2.45, 2.75) is 104 Å². The highest BCUT2D eigenvalue weighted by Crippen LogP contribution is 2.67. The normalized spacial score (nSPS) is 42.3. The zero-order valence-electron chi connectivity index (χ0n) is 23.9. The Morgan fingerprint density at radius 2 is 1.92 bits per heavy atom. The maximum atomic E-state index is 13.2. The Balaban J connectivity index is 1.19. The van der Waals surface area contributed by atoms with Gasteiger partial charge in [0.25, 0.3) is 0 Å². The van der Waals surface area contributed by atoms with Crippen molar-refractivity contribution in [2.24, 2.45) is 40.4 Å². The monoisotopic (exact) mass is 514 g/mol. The molecule has 0 aromatic carbocycles. The molecule has 37 heavy (non-hydrogen) atoms. The molecule has 1 saturated heterocycles. The number of hydrogen-bond donors (Lipinski definition) is 1. The van der Waals surface area contributed by atoms with Crippen LogP contribution in [0.2, 0.25) is 0 Å². The summed E-state index contributed by atoms with van der Waals surface area (Å²) in [5.41, 5.74) is 2.24. The van der Waals surface area contributed by atoms with E-state index in [-0.39, 0.29) is 24.1 Å². The molecular weight excluding hydrogens is 464 g/mol. The number of aliphatic hydroxyl groups excluding tert-OH is 1. The number of methoxy groups -OCH3 is 1. The molecule has 3 saturated carbocycles.